The molecular formula is C16H24N4O5. The Labute approximate surface area is 146 Å². The van der Waals surface area contributed by atoms with Gasteiger partial charge in [0.05, 0.1) is 31.8 Å². The highest BCUT2D eigenvalue weighted by molar-refractivity contribution is 5.83. The van der Waals surface area contributed by atoms with Crippen molar-refractivity contribution in [3.8, 4) is 0 Å². The number of hydrogen-bond donors (Lipinski definition) is 0. The minimum atomic E-state index is -0.777. The summed E-state index contributed by atoms with van der Waals surface area (Å²) in [4.78, 5) is 29.1. The molecule has 25 heavy (non-hydrogen) atoms. The molecule has 0 aromatic rings. The van der Waals surface area contributed by atoms with Gasteiger partial charge in [0.1, 0.15) is 16.6 Å². The van der Waals surface area contributed by atoms with Gasteiger partial charge in [0.15, 0.2) is 0 Å². The number of carbonyl (C=O) groups excluding carboxylic acids is 2. The zero-order chi connectivity index (χ0) is 18.5. The van der Waals surface area contributed by atoms with Gasteiger partial charge in [-0.2, -0.15) is 0 Å². The Morgan fingerprint density at radius 1 is 1.32 bits per heavy atom. The van der Waals surface area contributed by atoms with E-state index in [1.165, 1.54) is 4.90 Å². The minimum absolute atomic E-state index is 0.179. The van der Waals surface area contributed by atoms with Crippen molar-refractivity contribution >= 4 is 12.1 Å². The standard InChI is InChI=1S/C16H24N4O5/c1-5-23-11(21)15-6-14(7-15,8-18-19-17)25-16(15)9-20(10-16)12(22)24-13(2,3)4/h5-10H2,1-4H3. The minimum Gasteiger partial charge on any atom is -0.465 e. The van der Waals surface area contributed by atoms with Gasteiger partial charge in [-0.25, -0.2) is 4.79 Å². The van der Waals surface area contributed by atoms with E-state index in [-0.39, 0.29) is 32.2 Å². The summed E-state index contributed by atoms with van der Waals surface area (Å²) in [5.74, 6) is -0.298. The monoisotopic (exact) mass is 352 g/mol. The van der Waals surface area contributed by atoms with Crippen molar-refractivity contribution < 1.29 is 23.8 Å². The fraction of sp³-hybridized carbons (Fsp3) is 0.875. The molecule has 3 saturated heterocycles. The molecule has 1 saturated carbocycles. The van der Waals surface area contributed by atoms with Gasteiger partial charge in [-0.15, -0.1) is 0 Å². The maximum Gasteiger partial charge on any atom is 0.410 e. The van der Waals surface area contributed by atoms with Gasteiger partial charge in [0, 0.05) is 4.91 Å². The van der Waals surface area contributed by atoms with Gasteiger partial charge in [0.2, 0.25) is 0 Å². The number of amides is 1. The number of nitrogens with zero attached hydrogens (tertiary/aromatic N) is 4. The average molecular weight is 352 g/mol. The number of esters is 1. The van der Waals surface area contributed by atoms with Crippen LogP contribution in [0.2, 0.25) is 0 Å². The van der Waals surface area contributed by atoms with Gasteiger partial charge in [-0.05, 0) is 46.1 Å². The molecule has 1 aliphatic carbocycles. The van der Waals surface area contributed by atoms with E-state index < -0.39 is 28.3 Å². The lowest BCUT2D eigenvalue weighted by Gasteiger charge is -2.53. The highest BCUT2D eigenvalue weighted by Gasteiger charge is 2.81. The van der Waals surface area contributed by atoms with Crippen molar-refractivity contribution in [1.82, 2.24) is 4.90 Å². The van der Waals surface area contributed by atoms with E-state index >= 15 is 0 Å². The zero-order valence-corrected chi connectivity index (χ0v) is 15.1. The molecule has 0 unspecified atom stereocenters. The maximum absolute atomic E-state index is 12.6. The summed E-state index contributed by atoms with van der Waals surface area (Å²) in [5.41, 5.74) is 5.82. The lowest BCUT2D eigenvalue weighted by molar-refractivity contribution is -0.177. The van der Waals surface area contributed by atoms with E-state index in [0.717, 1.165) is 0 Å². The van der Waals surface area contributed by atoms with Crippen molar-refractivity contribution in [1.29, 1.82) is 0 Å². The van der Waals surface area contributed by atoms with Crippen LogP contribution in [-0.4, -0.2) is 60.0 Å². The highest BCUT2D eigenvalue weighted by Crippen LogP contribution is 2.69. The van der Waals surface area contributed by atoms with Gasteiger partial charge < -0.3 is 19.1 Å². The van der Waals surface area contributed by atoms with Gasteiger partial charge in [0.25, 0.3) is 0 Å². The maximum atomic E-state index is 12.6. The van der Waals surface area contributed by atoms with E-state index in [1.54, 1.807) is 27.7 Å². The fourth-order valence-corrected chi connectivity index (χ4v) is 4.25. The van der Waals surface area contributed by atoms with Crippen molar-refractivity contribution in [3.05, 3.63) is 10.4 Å². The Hall–Kier alpha value is -1.99. The van der Waals surface area contributed by atoms with E-state index in [2.05, 4.69) is 10.0 Å². The van der Waals surface area contributed by atoms with E-state index in [4.69, 9.17) is 19.7 Å². The van der Waals surface area contributed by atoms with Crippen molar-refractivity contribution in [2.75, 3.05) is 26.2 Å². The molecule has 4 fully saturated rings. The molecule has 4 rings (SSSR count). The molecule has 138 valence electrons. The third-order valence-corrected chi connectivity index (χ3v) is 5.16. The van der Waals surface area contributed by atoms with Gasteiger partial charge in [-0.3, -0.25) is 4.79 Å². The number of ether oxygens (including phenoxy) is 3. The Balaban J connectivity index is 1.75. The molecule has 9 nitrogen and oxygen atoms in total. The predicted molar refractivity (Wildman–Crippen MR) is 86.7 cm³/mol. The molecule has 0 atom stereocenters. The third-order valence-electron chi connectivity index (χ3n) is 5.16. The SMILES string of the molecule is CCOC(=O)C12CC(CN=[N+]=[N-])(C1)OC21CN(C(=O)OC(C)(C)C)C1. The van der Waals surface area contributed by atoms with Crippen LogP contribution in [0.25, 0.3) is 10.4 Å². The van der Waals surface area contributed by atoms with Crippen LogP contribution in [0.1, 0.15) is 40.5 Å². The fourth-order valence-electron chi connectivity index (χ4n) is 4.25. The molecule has 4 aliphatic rings. The Kier molecular flexibility index (Phi) is 3.92. The summed E-state index contributed by atoms with van der Waals surface area (Å²) in [6.07, 6.45) is 0.494. The summed E-state index contributed by atoms with van der Waals surface area (Å²) >= 11 is 0. The molecule has 1 amide bonds. The predicted octanol–water partition coefficient (Wildman–Crippen LogP) is 2.40. The second kappa shape index (κ2) is 5.51. The van der Waals surface area contributed by atoms with Crippen molar-refractivity contribution in [2.24, 2.45) is 10.5 Å². The number of azide groups is 1. The summed E-state index contributed by atoms with van der Waals surface area (Å²) in [7, 11) is 0. The van der Waals surface area contributed by atoms with Crippen LogP contribution in [-0.2, 0) is 19.0 Å². The van der Waals surface area contributed by atoms with E-state index in [1.807, 2.05) is 0 Å². The van der Waals surface area contributed by atoms with Crippen LogP contribution in [0.15, 0.2) is 5.11 Å². The lowest BCUT2D eigenvalue weighted by atomic mass is 9.54. The van der Waals surface area contributed by atoms with Crippen LogP contribution >= 0.6 is 0 Å². The van der Waals surface area contributed by atoms with Crippen LogP contribution in [0.4, 0.5) is 4.79 Å². The summed E-state index contributed by atoms with van der Waals surface area (Å²) in [6.45, 7) is 8.19. The molecule has 0 aromatic carbocycles. The molecule has 3 aliphatic heterocycles. The topological polar surface area (TPSA) is 114 Å². The smallest absolute Gasteiger partial charge is 0.410 e. The zero-order valence-electron chi connectivity index (χ0n) is 15.1. The lowest BCUT2D eigenvalue weighted by Crippen LogP contribution is -2.71. The van der Waals surface area contributed by atoms with Gasteiger partial charge in [-0.1, -0.05) is 5.11 Å². The van der Waals surface area contributed by atoms with E-state index in [9.17, 15) is 9.59 Å². The molecule has 0 aromatic heterocycles. The second-order valence-corrected chi connectivity index (χ2v) is 8.16. The molecule has 2 bridgehead atoms. The molecular weight excluding hydrogens is 328 g/mol. The molecule has 0 N–H and O–H groups in total. The molecule has 3 heterocycles. The van der Waals surface area contributed by atoms with Gasteiger partial charge >= 0.3 is 12.1 Å². The Morgan fingerprint density at radius 2 is 1.96 bits per heavy atom. The largest absolute Gasteiger partial charge is 0.465 e. The average Bonchev–Trinajstić information content (AvgIpc) is 2.88. The summed E-state index contributed by atoms with van der Waals surface area (Å²) in [6, 6.07) is 0. The first-order valence-corrected chi connectivity index (χ1v) is 8.47. The molecule has 0 radical (unpaired) electrons. The van der Waals surface area contributed by atoms with Crippen LogP contribution in [0.3, 0.4) is 0 Å². The number of rotatable bonds is 4. The normalized spacial score (nSPS) is 31.6. The first-order valence-electron chi connectivity index (χ1n) is 8.47. The molecule has 1 spiro atoms. The van der Waals surface area contributed by atoms with Crippen LogP contribution in [0.5, 0.6) is 0 Å². The van der Waals surface area contributed by atoms with Crippen LogP contribution < -0.4 is 0 Å². The van der Waals surface area contributed by atoms with E-state index in [0.29, 0.717) is 12.8 Å². The molecule has 9 heteroatoms. The van der Waals surface area contributed by atoms with Crippen molar-refractivity contribution in [2.45, 2.75) is 57.3 Å². The third kappa shape index (κ3) is 2.62. The number of hydrogen-bond acceptors (Lipinski definition) is 6. The highest BCUT2D eigenvalue weighted by atomic mass is 16.6. The summed E-state index contributed by atoms with van der Waals surface area (Å²) in [5, 5.41) is 3.62. The Morgan fingerprint density at radius 3 is 2.48 bits per heavy atom. The summed E-state index contributed by atoms with van der Waals surface area (Å²) < 4.78 is 16.9. The quantitative estimate of drug-likeness (QED) is 0.333. The van der Waals surface area contributed by atoms with Crippen molar-refractivity contribution in [3.63, 3.8) is 0 Å². The first-order chi connectivity index (χ1) is 11.6. The second-order valence-electron chi connectivity index (χ2n) is 8.16. The number of likely N-dealkylation sites (tertiary alicyclic amines) is 1. The van der Waals surface area contributed by atoms with Crippen LogP contribution in [0, 0.1) is 5.41 Å². The first kappa shape index (κ1) is 17.8. The number of carbonyl (C=O) groups is 2. The Bertz CT molecular complexity index is 637.